The maximum atomic E-state index is 5.10. The second kappa shape index (κ2) is 14.3. The van der Waals surface area contributed by atoms with E-state index in [0.29, 0.717) is 0 Å². The molecule has 0 spiro atoms. The molecule has 3 aromatic heterocycles. The van der Waals surface area contributed by atoms with E-state index in [-0.39, 0.29) is 0 Å². The number of rotatable bonds is 7. The molecule has 0 saturated carbocycles. The number of pyridine rings is 1. The SMILES string of the molecule is CS(C)(C)c1ccc(-n2c3ccccc3c3cc(-c4ccc5c(c4)c4ccccc4n5-c4ccc(-c5cc(-c6ccccc6)nc(-c6ccccc6)c5)cc4)ccc32)cc1. The van der Waals surface area contributed by atoms with E-state index in [1.165, 1.54) is 65.3 Å². The summed E-state index contributed by atoms with van der Waals surface area (Å²) in [6.07, 6.45) is 7.05. The third-order valence-corrected chi connectivity index (χ3v) is 13.6. The van der Waals surface area contributed by atoms with Crippen LogP contribution in [0.15, 0.2) is 211 Å². The highest BCUT2D eigenvalue weighted by Gasteiger charge is 2.17. The van der Waals surface area contributed by atoms with Gasteiger partial charge in [0.2, 0.25) is 0 Å². The second-order valence-electron chi connectivity index (χ2n) is 16.4. The molecule has 0 saturated heterocycles. The van der Waals surface area contributed by atoms with Crippen LogP contribution >= 0.6 is 10.0 Å². The molecule has 0 aliphatic rings. The molecule has 0 aliphatic carbocycles. The Kier molecular flexibility index (Phi) is 8.57. The molecule has 4 heteroatoms. The van der Waals surface area contributed by atoms with Crippen molar-refractivity contribution >= 4 is 53.6 Å². The fourth-order valence-corrected chi connectivity index (χ4v) is 9.83. The van der Waals surface area contributed by atoms with Crippen LogP contribution in [0.5, 0.6) is 0 Å². The molecule has 11 aromatic rings. The molecule has 0 unspecified atom stereocenters. The fraction of sp³-hybridized carbons (Fsp3) is 0.0536. The Bertz CT molecular complexity index is 3310. The second-order valence-corrected chi connectivity index (χ2v) is 20.6. The highest BCUT2D eigenvalue weighted by atomic mass is 32.3. The molecule has 0 atom stereocenters. The van der Waals surface area contributed by atoms with Crippen LogP contribution in [-0.4, -0.2) is 32.9 Å². The average molecular weight is 790 g/mol. The van der Waals surface area contributed by atoms with Gasteiger partial charge in [0.05, 0.1) is 33.5 Å². The van der Waals surface area contributed by atoms with E-state index in [1.54, 1.807) is 0 Å². The molecule has 0 N–H and O–H groups in total. The van der Waals surface area contributed by atoms with Crippen molar-refractivity contribution in [1.82, 2.24) is 14.1 Å². The molecule has 60 heavy (non-hydrogen) atoms. The molecule has 0 aliphatic heterocycles. The summed E-state index contributed by atoms with van der Waals surface area (Å²) in [5.41, 5.74) is 16.0. The van der Waals surface area contributed by atoms with E-state index in [1.807, 2.05) is 12.1 Å². The molecule has 3 heterocycles. The van der Waals surface area contributed by atoms with E-state index in [0.717, 1.165) is 39.3 Å². The highest BCUT2D eigenvalue weighted by Crippen LogP contribution is 2.46. The summed E-state index contributed by atoms with van der Waals surface area (Å²) in [7, 11) is -0.798. The van der Waals surface area contributed by atoms with E-state index in [4.69, 9.17) is 4.98 Å². The monoisotopic (exact) mass is 789 g/mol. The van der Waals surface area contributed by atoms with Gasteiger partial charge in [0.25, 0.3) is 0 Å². The van der Waals surface area contributed by atoms with Gasteiger partial charge in [-0.05, 0) is 131 Å². The standard InChI is InChI=1S/C56H43N3S/c1-60(2,3)46-30-28-45(29-31-46)59-54-21-13-11-19-48(54)50-35-42(25-33-56(50)59)41-24-32-55-49(34-41)47-18-10-12-20-53(47)58(55)44-26-22-38(23-27-44)43-36-51(39-14-6-4-7-15-39)57-52(37-43)40-16-8-5-9-17-40/h4-37H,1-3H3. The normalized spacial score (nSPS) is 12.2. The Hall–Kier alpha value is -7.14. The zero-order chi connectivity index (χ0) is 40.4. The number of para-hydroxylation sites is 2. The van der Waals surface area contributed by atoms with Gasteiger partial charge in [0.15, 0.2) is 0 Å². The van der Waals surface area contributed by atoms with Crippen molar-refractivity contribution in [3.05, 3.63) is 206 Å². The van der Waals surface area contributed by atoms with Gasteiger partial charge in [-0.25, -0.2) is 15.0 Å². The number of hydrogen-bond donors (Lipinski definition) is 0. The minimum Gasteiger partial charge on any atom is -0.309 e. The van der Waals surface area contributed by atoms with Crippen molar-refractivity contribution in [1.29, 1.82) is 0 Å². The zero-order valence-corrected chi connectivity index (χ0v) is 34.7. The first-order valence-corrected chi connectivity index (χ1v) is 23.3. The quantitative estimate of drug-likeness (QED) is 0.158. The molecular formula is C56H43N3S. The van der Waals surface area contributed by atoms with Crippen LogP contribution in [0.3, 0.4) is 0 Å². The molecule has 8 aromatic carbocycles. The summed E-state index contributed by atoms with van der Waals surface area (Å²) in [6.45, 7) is 0. The fourth-order valence-electron chi connectivity index (χ4n) is 8.88. The maximum absolute atomic E-state index is 5.10. The predicted molar refractivity (Wildman–Crippen MR) is 258 cm³/mol. The van der Waals surface area contributed by atoms with Gasteiger partial charge in [-0.15, -0.1) is 0 Å². The van der Waals surface area contributed by atoms with Gasteiger partial charge >= 0.3 is 0 Å². The lowest BCUT2D eigenvalue weighted by Crippen LogP contribution is -1.96. The zero-order valence-electron chi connectivity index (χ0n) is 33.9. The Labute approximate surface area is 352 Å². The summed E-state index contributed by atoms with van der Waals surface area (Å²) in [5, 5.41) is 5.01. The third-order valence-electron chi connectivity index (χ3n) is 11.9. The summed E-state index contributed by atoms with van der Waals surface area (Å²) in [4.78, 5) is 6.52. The first kappa shape index (κ1) is 36.0. The Balaban J connectivity index is 0.990. The van der Waals surface area contributed by atoms with Crippen molar-refractivity contribution in [2.24, 2.45) is 0 Å². The molecule has 0 amide bonds. The first-order chi connectivity index (χ1) is 29.4. The first-order valence-electron chi connectivity index (χ1n) is 20.5. The Morgan fingerprint density at radius 2 is 0.717 bits per heavy atom. The molecule has 11 rings (SSSR count). The van der Waals surface area contributed by atoms with Crippen LogP contribution in [0.4, 0.5) is 0 Å². The van der Waals surface area contributed by atoms with E-state index >= 15 is 0 Å². The number of fused-ring (bicyclic) bond motifs is 6. The summed E-state index contributed by atoms with van der Waals surface area (Å²) in [5.74, 6) is 0. The van der Waals surface area contributed by atoms with Crippen LogP contribution in [0.25, 0.3) is 99.8 Å². The topological polar surface area (TPSA) is 22.8 Å². The van der Waals surface area contributed by atoms with Crippen LogP contribution < -0.4 is 0 Å². The van der Waals surface area contributed by atoms with Crippen LogP contribution in [0, 0.1) is 0 Å². The van der Waals surface area contributed by atoms with Crippen molar-refractivity contribution in [2.45, 2.75) is 4.90 Å². The molecule has 0 radical (unpaired) electrons. The summed E-state index contributed by atoms with van der Waals surface area (Å²) in [6, 6.07) is 75.0. The number of aromatic nitrogens is 3. The van der Waals surface area contributed by atoms with Gasteiger partial charge in [-0.1, -0.05) is 121 Å². The van der Waals surface area contributed by atoms with Crippen molar-refractivity contribution < 1.29 is 0 Å². The van der Waals surface area contributed by atoms with Gasteiger partial charge in [0.1, 0.15) is 0 Å². The van der Waals surface area contributed by atoms with E-state index in [9.17, 15) is 0 Å². The van der Waals surface area contributed by atoms with E-state index in [2.05, 4.69) is 222 Å². The molecule has 3 nitrogen and oxygen atoms in total. The van der Waals surface area contributed by atoms with Gasteiger partial charge in [-0.2, -0.15) is 0 Å². The minimum atomic E-state index is -0.798. The van der Waals surface area contributed by atoms with Gasteiger partial charge in [-0.3, -0.25) is 0 Å². The van der Waals surface area contributed by atoms with Crippen molar-refractivity contribution in [2.75, 3.05) is 18.8 Å². The van der Waals surface area contributed by atoms with Gasteiger partial charge in [0, 0.05) is 44.0 Å². The molecule has 288 valence electrons. The van der Waals surface area contributed by atoms with Crippen LogP contribution in [0.2, 0.25) is 0 Å². The third kappa shape index (κ3) is 6.20. The largest absolute Gasteiger partial charge is 0.309 e. The van der Waals surface area contributed by atoms with E-state index < -0.39 is 10.0 Å². The number of hydrogen-bond acceptors (Lipinski definition) is 1. The van der Waals surface area contributed by atoms with Gasteiger partial charge < -0.3 is 9.13 Å². The highest BCUT2D eigenvalue weighted by molar-refractivity contribution is 8.32. The number of benzene rings is 8. The van der Waals surface area contributed by atoms with Crippen molar-refractivity contribution in [3.8, 4) is 56.1 Å². The smallest absolute Gasteiger partial charge is 0.0715 e. The average Bonchev–Trinajstić information content (AvgIpc) is 3.81. The maximum Gasteiger partial charge on any atom is 0.0715 e. The molecule has 0 bridgehead atoms. The summed E-state index contributed by atoms with van der Waals surface area (Å²) >= 11 is 0. The lowest BCUT2D eigenvalue weighted by atomic mass is 9.99. The predicted octanol–water partition coefficient (Wildman–Crippen LogP) is 15.0. The van der Waals surface area contributed by atoms with Crippen molar-refractivity contribution in [3.63, 3.8) is 0 Å². The Morgan fingerprint density at radius 3 is 1.18 bits per heavy atom. The van der Waals surface area contributed by atoms with Crippen LogP contribution in [0.1, 0.15) is 0 Å². The summed E-state index contributed by atoms with van der Waals surface area (Å²) < 4.78 is 4.82. The lowest BCUT2D eigenvalue weighted by molar-refractivity contribution is 1.17. The Morgan fingerprint density at radius 1 is 0.317 bits per heavy atom. The minimum absolute atomic E-state index is 0.798. The van der Waals surface area contributed by atoms with Crippen LogP contribution in [-0.2, 0) is 0 Å². The molecule has 0 fully saturated rings. The number of nitrogens with zero attached hydrogens (tertiary/aromatic N) is 3. The lowest BCUT2D eigenvalue weighted by Gasteiger charge is -2.26. The molecular weight excluding hydrogens is 747 g/mol.